The Morgan fingerprint density at radius 2 is 0.930 bits per heavy atom. The second-order valence-electron chi connectivity index (χ2n) is 14.4. The maximum absolute atomic E-state index is 5.11. The van der Waals surface area contributed by atoms with Gasteiger partial charge in [0.25, 0.3) is 0 Å². The minimum Gasteiger partial charge on any atom is -0.309 e. The predicted molar refractivity (Wildman–Crippen MR) is 238 cm³/mol. The van der Waals surface area contributed by atoms with Crippen LogP contribution in [0, 0.1) is 0 Å². The van der Waals surface area contributed by atoms with Crippen LogP contribution in [0.25, 0.3) is 109 Å². The molecule has 0 saturated heterocycles. The number of aromatic nitrogens is 5. The van der Waals surface area contributed by atoms with Gasteiger partial charge in [0, 0.05) is 58.5 Å². The minimum atomic E-state index is 0.586. The van der Waals surface area contributed by atoms with Crippen molar-refractivity contribution < 1.29 is 0 Å². The van der Waals surface area contributed by atoms with Gasteiger partial charge in [-0.1, -0.05) is 140 Å². The Balaban J connectivity index is 1.03. The van der Waals surface area contributed by atoms with Gasteiger partial charge in [0.2, 0.25) is 5.95 Å². The summed E-state index contributed by atoms with van der Waals surface area (Å²) in [6.45, 7) is 0. The molecule has 0 fully saturated rings. The Labute approximate surface area is 331 Å². The molecular weight excluding hydrogens is 715 g/mol. The van der Waals surface area contributed by atoms with Crippen LogP contribution < -0.4 is 0 Å². The molecule has 5 nitrogen and oxygen atoms in total. The number of benzene rings is 8. The standard InChI is InChI=1S/C51H31N5S/c1-3-14-32(15-4-1)49-52-50(33-16-5-2-6-17-33)54-51(53-49)56-42-23-10-7-20-37(42)41-31-35(26-28-44(41)56)34-18-13-19-36(30-34)55-43-24-11-8-22-40(43)47-45(55)29-27-39-38-21-9-12-25-46(38)57-48(39)47/h1-31H. The highest BCUT2D eigenvalue weighted by atomic mass is 32.1. The van der Waals surface area contributed by atoms with E-state index in [1.807, 2.05) is 72.0 Å². The van der Waals surface area contributed by atoms with Crippen molar-refractivity contribution in [2.75, 3.05) is 0 Å². The zero-order chi connectivity index (χ0) is 37.5. The summed E-state index contributed by atoms with van der Waals surface area (Å²) in [7, 11) is 0. The number of para-hydroxylation sites is 2. The van der Waals surface area contributed by atoms with Crippen LogP contribution in [-0.2, 0) is 0 Å². The molecule has 0 amide bonds. The van der Waals surface area contributed by atoms with E-state index in [1.54, 1.807) is 0 Å². The van der Waals surface area contributed by atoms with Gasteiger partial charge in [0.05, 0.1) is 22.1 Å². The molecule has 0 unspecified atom stereocenters. The summed E-state index contributed by atoms with van der Waals surface area (Å²) in [5, 5.41) is 7.50. The number of rotatable bonds is 5. The maximum Gasteiger partial charge on any atom is 0.238 e. The van der Waals surface area contributed by atoms with Gasteiger partial charge in [-0.3, -0.25) is 4.57 Å². The fraction of sp³-hybridized carbons (Fsp3) is 0. The molecule has 0 spiro atoms. The van der Waals surface area contributed by atoms with Crippen molar-refractivity contribution in [3.63, 3.8) is 0 Å². The predicted octanol–water partition coefficient (Wildman–Crippen LogP) is 13.4. The number of fused-ring (bicyclic) bond motifs is 10. The normalized spacial score (nSPS) is 11.9. The van der Waals surface area contributed by atoms with Gasteiger partial charge < -0.3 is 4.57 Å². The van der Waals surface area contributed by atoms with Gasteiger partial charge in [-0.05, 0) is 59.7 Å². The van der Waals surface area contributed by atoms with E-state index < -0.39 is 0 Å². The molecule has 8 aromatic carbocycles. The summed E-state index contributed by atoms with van der Waals surface area (Å²) >= 11 is 1.89. The molecule has 4 heterocycles. The highest BCUT2D eigenvalue weighted by Gasteiger charge is 2.20. The zero-order valence-corrected chi connectivity index (χ0v) is 31.4. The Kier molecular flexibility index (Phi) is 7.03. The first-order valence-electron chi connectivity index (χ1n) is 19.1. The third-order valence-corrected chi connectivity index (χ3v) is 12.4. The lowest BCUT2D eigenvalue weighted by Crippen LogP contribution is -2.06. The van der Waals surface area contributed by atoms with E-state index in [9.17, 15) is 0 Å². The molecule has 0 atom stereocenters. The van der Waals surface area contributed by atoms with Crippen molar-refractivity contribution in [3.05, 3.63) is 188 Å². The largest absolute Gasteiger partial charge is 0.309 e. The molecular formula is C51H31N5S. The van der Waals surface area contributed by atoms with Crippen molar-refractivity contribution in [1.29, 1.82) is 0 Å². The Bertz CT molecular complexity index is 3470. The highest BCUT2D eigenvalue weighted by molar-refractivity contribution is 7.26. The van der Waals surface area contributed by atoms with Crippen LogP contribution in [0.4, 0.5) is 0 Å². The fourth-order valence-electron chi connectivity index (χ4n) is 8.60. The number of nitrogens with zero attached hydrogens (tertiary/aromatic N) is 5. The monoisotopic (exact) mass is 745 g/mol. The summed E-state index contributed by atoms with van der Waals surface area (Å²) in [5.74, 6) is 1.86. The molecule has 0 N–H and O–H groups in total. The molecule has 0 bridgehead atoms. The van der Waals surface area contributed by atoms with E-state index in [-0.39, 0.29) is 0 Å². The van der Waals surface area contributed by atoms with Gasteiger partial charge in [-0.15, -0.1) is 11.3 Å². The summed E-state index contributed by atoms with van der Waals surface area (Å²) in [5.41, 5.74) is 9.81. The number of thiophene rings is 1. The molecule has 12 rings (SSSR count). The Morgan fingerprint density at radius 1 is 0.351 bits per heavy atom. The van der Waals surface area contributed by atoms with Crippen molar-refractivity contribution in [3.8, 4) is 45.5 Å². The second-order valence-corrected chi connectivity index (χ2v) is 15.5. The lowest BCUT2D eigenvalue weighted by molar-refractivity contribution is 0.953. The third-order valence-electron chi connectivity index (χ3n) is 11.2. The van der Waals surface area contributed by atoms with Crippen LogP contribution in [0.1, 0.15) is 0 Å². The van der Waals surface area contributed by atoms with E-state index >= 15 is 0 Å². The quantitative estimate of drug-likeness (QED) is 0.176. The maximum atomic E-state index is 5.11. The van der Waals surface area contributed by atoms with E-state index in [4.69, 9.17) is 15.0 Å². The van der Waals surface area contributed by atoms with Crippen molar-refractivity contribution in [2.45, 2.75) is 0 Å². The lowest BCUT2D eigenvalue weighted by Gasteiger charge is -2.12. The molecule has 266 valence electrons. The molecule has 0 saturated carbocycles. The van der Waals surface area contributed by atoms with Gasteiger partial charge in [0.1, 0.15) is 0 Å². The highest BCUT2D eigenvalue weighted by Crippen LogP contribution is 2.44. The van der Waals surface area contributed by atoms with E-state index in [2.05, 4.69) is 137 Å². The Morgan fingerprint density at radius 3 is 1.68 bits per heavy atom. The first kappa shape index (κ1) is 31.9. The first-order valence-corrected chi connectivity index (χ1v) is 19.9. The number of hydrogen-bond acceptors (Lipinski definition) is 4. The zero-order valence-electron chi connectivity index (χ0n) is 30.5. The van der Waals surface area contributed by atoms with Gasteiger partial charge in [-0.25, -0.2) is 4.98 Å². The molecule has 4 aromatic heterocycles. The van der Waals surface area contributed by atoms with Crippen LogP contribution in [0.2, 0.25) is 0 Å². The average molecular weight is 746 g/mol. The van der Waals surface area contributed by atoms with Crippen LogP contribution in [-0.4, -0.2) is 24.1 Å². The van der Waals surface area contributed by atoms with Crippen LogP contribution >= 0.6 is 11.3 Å². The average Bonchev–Trinajstić information content (AvgIpc) is 3.94. The molecule has 6 heteroatoms. The fourth-order valence-corrected chi connectivity index (χ4v) is 9.86. The molecule has 0 aliphatic carbocycles. The SMILES string of the molecule is c1ccc(-c2nc(-c3ccccc3)nc(-n3c4ccccc4c4cc(-c5cccc(-n6c7ccccc7c7c8sc9ccccc9c8ccc76)c5)ccc43)n2)cc1. The lowest BCUT2D eigenvalue weighted by atomic mass is 10.0. The topological polar surface area (TPSA) is 48.5 Å². The van der Waals surface area contributed by atoms with Gasteiger partial charge in [0.15, 0.2) is 11.6 Å². The molecule has 0 aliphatic rings. The van der Waals surface area contributed by atoms with Crippen molar-refractivity contribution >= 4 is 75.1 Å². The van der Waals surface area contributed by atoms with E-state index in [0.717, 1.165) is 49.7 Å². The summed E-state index contributed by atoms with van der Waals surface area (Å²) in [6.07, 6.45) is 0. The second kappa shape index (κ2) is 12.6. The third kappa shape index (κ3) is 4.98. The van der Waals surface area contributed by atoms with Crippen LogP contribution in [0.5, 0.6) is 0 Å². The minimum absolute atomic E-state index is 0.586. The van der Waals surface area contributed by atoms with Crippen molar-refractivity contribution in [1.82, 2.24) is 24.1 Å². The molecule has 0 aliphatic heterocycles. The Hall–Kier alpha value is -7.41. The van der Waals surface area contributed by atoms with E-state index in [1.165, 1.54) is 42.0 Å². The van der Waals surface area contributed by atoms with Crippen molar-refractivity contribution in [2.24, 2.45) is 0 Å². The molecule has 12 aromatic rings. The summed E-state index contributed by atoms with van der Waals surface area (Å²) in [4.78, 5) is 15.2. The van der Waals surface area contributed by atoms with Crippen LogP contribution in [0.3, 0.4) is 0 Å². The van der Waals surface area contributed by atoms with Gasteiger partial charge in [-0.2, -0.15) is 9.97 Å². The summed E-state index contributed by atoms with van der Waals surface area (Å²) < 4.78 is 7.27. The summed E-state index contributed by atoms with van der Waals surface area (Å²) in [6, 6.07) is 66.7. The smallest absolute Gasteiger partial charge is 0.238 e. The molecule has 0 radical (unpaired) electrons. The first-order chi connectivity index (χ1) is 28.3. The van der Waals surface area contributed by atoms with Gasteiger partial charge >= 0.3 is 0 Å². The van der Waals surface area contributed by atoms with E-state index in [0.29, 0.717) is 17.6 Å². The molecule has 57 heavy (non-hydrogen) atoms. The van der Waals surface area contributed by atoms with Crippen LogP contribution in [0.15, 0.2) is 188 Å². The number of hydrogen-bond donors (Lipinski definition) is 0.